The Labute approximate surface area is 161 Å². The second-order valence-corrected chi connectivity index (χ2v) is 7.27. The van der Waals surface area contributed by atoms with E-state index in [1.807, 2.05) is 31.2 Å². The van der Waals surface area contributed by atoms with E-state index in [1.165, 1.54) is 14.2 Å². The van der Waals surface area contributed by atoms with Crippen LogP contribution in [0.1, 0.15) is 28.3 Å². The molecule has 0 aliphatic carbocycles. The van der Waals surface area contributed by atoms with Gasteiger partial charge in [0.1, 0.15) is 5.01 Å². The number of para-hydroxylation sites is 1. The van der Waals surface area contributed by atoms with E-state index >= 15 is 0 Å². The van der Waals surface area contributed by atoms with Crippen molar-refractivity contribution in [1.82, 2.24) is 9.88 Å². The Morgan fingerprint density at radius 3 is 2.62 bits per heavy atom. The van der Waals surface area contributed by atoms with Crippen LogP contribution in [0.3, 0.4) is 0 Å². The lowest BCUT2D eigenvalue weighted by atomic mass is 10.1. The molecule has 0 N–H and O–H groups in total. The van der Waals surface area contributed by atoms with Crippen LogP contribution >= 0.6 is 22.9 Å². The normalized spacial score (nSPS) is 12.0. The number of fused-ring (bicyclic) bond motifs is 1. The zero-order valence-corrected chi connectivity index (χ0v) is 16.5. The van der Waals surface area contributed by atoms with Crippen molar-refractivity contribution in [2.24, 2.45) is 0 Å². The molecule has 3 aromatic rings. The molecule has 0 bridgehead atoms. The van der Waals surface area contributed by atoms with E-state index in [2.05, 4.69) is 4.98 Å². The topological polar surface area (TPSA) is 51.7 Å². The molecule has 1 atom stereocenters. The van der Waals surface area contributed by atoms with E-state index in [0.29, 0.717) is 22.1 Å². The SMILES string of the molecule is COc1cc(C(=O)N(C)[C@@H](C)c2nc3ccccc3s2)cc(Cl)c1OC. The summed E-state index contributed by atoms with van der Waals surface area (Å²) in [5.74, 6) is 0.664. The molecule has 7 heteroatoms. The molecule has 136 valence electrons. The van der Waals surface area contributed by atoms with Crippen molar-refractivity contribution in [3.63, 3.8) is 0 Å². The first-order valence-electron chi connectivity index (χ1n) is 8.00. The number of benzene rings is 2. The molecule has 5 nitrogen and oxygen atoms in total. The van der Waals surface area contributed by atoms with E-state index in [1.54, 1.807) is 35.4 Å². The molecule has 2 aromatic carbocycles. The standard InChI is InChI=1S/C19H19ClN2O3S/c1-11(18-21-14-7-5-6-8-16(14)26-18)22(2)19(23)12-9-13(20)17(25-4)15(10-12)24-3/h5-11H,1-4H3/t11-/m0/s1. The molecular formula is C19H19ClN2O3S. The number of ether oxygens (including phenoxy) is 2. The average molecular weight is 391 g/mol. The smallest absolute Gasteiger partial charge is 0.254 e. The second kappa shape index (κ2) is 7.51. The second-order valence-electron chi connectivity index (χ2n) is 5.81. The van der Waals surface area contributed by atoms with Gasteiger partial charge in [-0.25, -0.2) is 4.98 Å². The number of aromatic nitrogens is 1. The van der Waals surface area contributed by atoms with Gasteiger partial charge in [0.05, 0.1) is 35.5 Å². The minimum atomic E-state index is -0.174. The highest BCUT2D eigenvalue weighted by Crippen LogP contribution is 2.37. The summed E-state index contributed by atoms with van der Waals surface area (Å²) in [7, 11) is 4.77. The number of hydrogen-bond acceptors (Lipinski definition) is 5. The third kappa shape index (κ3) is 3.34. The van der Waals surface area contributed by atoms with Crippen molar-refractivity contribution in [2.75, 3.05) is 21.3 Å². The van der Waals surface area contributed by atoms with Crippen LogP contribution < -0.4 is 9.47 Å². The lowest BCUT2D eigenvalue weighted by Crippen LogP contribution is -2.29. The third-order valence-electron chi connectivity index (χ3n) is 4.25. The quantitative estimate of drug-likeness (QED) is 0.627. The van der Waals surface area contributed by atoms with Gasteiger partial charge in [-0.1, -0.05) is 23.7 Å². The number of nitrogens with zero attached hydrogens (tertiary/aromatic N) is 2. The van der Waals surface area contributed by atoms with Crippen molar-refractivity contribution >= 4 is 39.1 Å². The highest BCUT2D eigenvalue weighted by molar-refractivity contribution is 7.18. The summed E-state index contributed by atoms with van der Waals surface area (Å²) < 4.78 is 11.6. The largest absolute Gasteiger partial charge is 0.493 e. The molecule has 3 rings (SSSR count). The fourth-order valence-corrected chi connectivity index (χ4v) is 4.01. The zero-order valence-electron chi connectivity index (χ0n) is 14.9. The summed E-state index contributed by atoms with van der Waals surface area (Å²) in [4.78, 5) is 19.2. The van der Waals surface area contributed by atoms with Gasteiger partial charge in [-0.2, -0.15) is 0 Å². The van der Waals surface area contributed by atoms with Gasteiger partial charge in [0, 0.05) is 12.6 Å². The van der Waals surface area contributed by atoms with Crippen LogP contribution in [0.5, 0.6) is 11.5 Å². The van der Waals surface area contributed by atoms with E-state index in [4.69, 9.17) is 21.1 Å². The van der Waals surface area contributed by atoms with Crippen LogP contribution in [0.2, 0.25) is 5.02 Å². The lowest BCUT2D eigenvalue weighted by molar-refractivity contribution is 0.0742. The molecule has 0 fully saturated rings. The molecule has 1 aromatic heterocycles. The van der Waals surface area contributed by atoms with Crippen LogP contribution in [0, 0.1) is 0 Å². The molecule has 1 heterocycles. The molecule has 0 saturated carbocycles. The third-order valence-corrected chi connectivity index (χ3v) is 5.74. The molecule has 0 radical (unpaired) electrons. The zero-order chi connectivity index (χ0) is 18.8. The summed E-state index contributed by atoms with van der Waals surface area (Å²) in [5.41, 5.74) is 1.37. The molecule has 0 spiro atoms. The molecule has 0 unspecified atom stereocenters. The monoisotopic (exact) mass is 390 g/mol. The lowest BCUT2D eigenvalue weighted by Gasteiger charge is -2.24. The minimum Gasteiger partial charge on any atom is -0.493 e. The first-order chi connectivity index (χ1) is 12.5. The van der Waals surface area contributed by atoms with Crippen LogP contribution in [-0.2, 0) is 0 Å². The van der Waals surface area contributed by atoms with Crippen LogP contribution in [0.25, 0.3) is 10.2 Å². The van der Waals surface area contributed by atoms with Gasteiger partial charge in [0.15, 0.2) is 11.5 Å². The maximum atomic E-state index is 12.9. The summed E-state index contributed by atoms with van der Waals surface area (Å²) in [6.45, 7) is 1.96. The Morgan fingerprint density at radius 1 is 1.23 bits per heavy atom. The predicted molar refractivity (Wildman–Crippen MR) is 105 cm³/mol. The first-order valence-corrected chi connectivity index (χ1v) is 9.19. The maximum Gasteiger partial charge on any atom is 0.254 e. The van der Waals surface area contributed by atoms with Crippen molar-refractivity contribution in [3.05, 3.63) is 52.0 Å². The van der Waals surface area contributed by atoms with E-state index in [0.717, 1.165) is 15.2 Å². The van der Waals surface area contributed by atoms with Crippen molar-refractivity contribution in [2.45, 2.75) is 13.0 Å². The molecule has 0 saturated heterocycles. The van der Waals surface area contributed by atoms with Crippen molar-refractivity contribution in [1.29, 1.82) is 0 Å². The number of carbonyl (C=O) groups is 1. The highest BCUT2D eigenvalue weighted by atomic mass is 35.5. The number of thiazole rings is 1. The molecule has 0 aliphatic rings. The predicted octanol–water partition coefficient (Wildman–Crippen LogP) is 4.80. The van der Waals surface area contributed by atoms with Gasteiger partial charge in [-0.3, -0.25) is 4.79 Å². The molecule has 1 amide bonds. The summed E-state index contributed by atoms with van der Waals surface area (Å²) in [6.07, 6.45) is 0. The summed E-state index contributed by atoms with van der Waals surface area (Å²) in [6, 6.07) is 11.0. The Morgan fingerprint density at radius 2 is 1.96 bits per heavy atom. The number of rotatable bonds is 5. The fourth-order valence-electron chi connectivity index (χ4n) is 2.66. The van der Waals surface area contributed by atoms with Gasteiger partial charge < -0.3 is 14.4 Å². The van der Waals surface area contributed by atoms with Gasteiger partial charge in [0.25, 0.3) is 5.91 Å². The van der Waals surface area contributed by atoms with Gasteiger partial charge in [-0.15, -0.1) is 11.3 Å². The average Bonchev–Trinajstić information content (AvgIpc) is 3.09. The molecule has 26 heavy (non-hydrogen) atoms. The Balaban J connectivity index is 1.90. The summed E-state index contributed by atoms with van der Waals surface area (Å²) >= 11 is 7.81. The van der Waals surface area contributed by atoms with E-state index < -0.39 is 0 Å². The maximum absolute atomic E-state index is 12.9. The number of methoxy groups -OCH3 is 2. The number of amides is 1. The Hall–Kier alpha value is -2.31. The van der Waals surface area contributed by atoms with E-state index in [-0.39, 0.29) is 11.9 Å². The fraction of sp³-hybridized carbons (Fsp3) is 0.263. The van der Waals surface area contributed by atoms with Gasteiger partial charge >= 0.3 is 0 Å². The molecular weight excluding hydrogens is 372 g/mol. The van der Waals surface area contributed by atoms with Crippen molar-refractivity contribution < 1.29 is 14.3 Å². The van der Waals surface area contributed by atoms with Crippen LogP contribution in [-0.4, -0.2) is 37.1 Å². The van der Waals surface area contributed by atoms with Crippen LogP contribution in [0.15, 0.2) is 36.4 Å². The minimum absolute atomic E-state index is 0.167. The Bertz CT molecular complexity index is 924. The van der Waals surface area contributed by atoms with Crippen molar-refractivity contribution in [3.8, 4) is 11.5 Å². The Kier molecular flexibility index (Phi) is 5.34. The van der Waals surface area contributed by atoms with Gasteiger partial charge in [0.2, 0.25) is 0 Å². The number of carbonyl (C=O) groups excluding carboxylic acids is 1. The first kappa shape index (κ1) is 18.5. The highest BCUT2D eigenvalue weighted by Gasteiger charge is 2.24. The summed E-state index contributed by atoms with van der Waals surface area (Å²) in [5, 5.41) is 1.21. The van der Waals surface area contributed by atoms with E-state index in [9.17, 15) is 4.79 Å². The van der Waals surface area contributed by atoms with Gasteiger partial charge in [-0.05, 0) is 31.2 Å². The van der Waals surface area contributed by atoms with Crippen LogP contribution in [0.4, 0.5) is 0 Å². The molecule has 0 aliphatic heterocycles. The number of halogens is 1. The number of hydrogen-bond donors (Lipinski definition) is 0.